The first-order valence-corrected chi connectivity index (χ1v) is 6.95. The van der Waals surface area contributed by atoms with Crippen LogP contribution in [0.15, 0.2) is 10.3 Å². The van der Waals surface area contributed by atoms with Crippen molar-refractivity contribution in [2.24, 2.45) is 5.92 Å². The van der Waals surface area contributed by atoms with E-state index in [1.807, 2.05) is 6.92 Å². The minimum atomic E-state index is -0.691. The van der Waals surface area contributed by atoms with Gasteiger partial charge in [0.25, 0.3) is 5.69 Å². The molecule has 96 valence electrons. The van der Waals surface area contributed by atoms with Crippen LogP contribution >= 0.6 is 23.1 Å². The van der Waals surface area contributed by atoms with Gasteiger partial charge in [-0.2, -0.15) is 0 Å². The highest BCUT2D eigenvalue weighted by Gasteiger charge is 2.21. The third-order valence-corrected chi connectivity index (χ3v) is 5.02. The molecular weight excluding hydrogens is 262 g/mol. The first kappa shape index (κ1) is 14.4. The molecule has 0 aliphatic carbocycles. The standard InChI is InChI=1S/C10H15NO4S2/c1-6(4-12)5-16-10-8(11(14)15)3-9(17-10)7(2)13/h3,6-7,12-13H,4-5H2,1-2H3/t6?,7-/m0/s1. The summed E-state index contributed by atoms with van der Waals surface area (Å²) in [6.45, 7) is 3.53. The minimum Gasteiger partial charge on any atom is -0.396 e. The first-order valence-electron chi connectivity index (χ1n) is 5.15. The molecule has 5 nitrogen and oxygen atoms in total. The highest BCUT2D eigenvalue weighted by Crippen LogP contribution is 2.40. The Hall–Kier alpha value is -0.630. The Morgan fingerprint density at radius 3 is 2.71 bits per heavy atom. The molecule has 1 heterocycles. The Morgan fingerprint density at radius 1 is 1.59 bits per heavy atom. The topological polar surface area (TPSA) is 83.6 Å². The maximum Gasteiger partial charge on any atom is 0.294 e. The summed E-state index contributed by atoms with van der Waals surface area (Å²) in [5.74, 6) is 0.716. The lowest BCUT2D eigenvalue weighted by Crippen LogP contribution is -2.03. The van der Waals surface area contributed by atoms with E-state index in [2.05, 4.69) is 0 Å². The van der Waals surface area contributed by atoms with Gasteiger partial charge in [0.1, 0.15) is 4.21 Å². The third kappa shape index (κ3) is 3.95. The van der Waals surface area contributed by atoms with Crippen LogP contribution in [0, 0.1) is 16.0 Å². The monoisotopic (exact) mass is 277 g/mol. The van der Waals surface area contributed by atoms with E-state index in [0.29, 0.717) is 14.8 Å². The molecule has 2 N–H and O–H groups in total. The van der Waals surface area contributed by atoms with E-state index < -0.39 is 11.0 Å². The Balaban J connectivity index is 2.85. The molecule has 7 heteroatoms. The molecule has 0 aromatic carbocycles. The van der Waals surface area contributed by atoms with Gasteiger partial charge in [-0.1, -0.05) is 6.92 Å². The van der Waals surface area contributed by atoms with Crippen LogP contribution in [0.2, 0.25) is 0 Å². The van der Waals surface area contributed by atoms with Crippen LogP contribution in [-0.2, 0) is 0 Å². The maximum absolute atomic E-state index is 10.8. The minimum absolute atomic E-state index is 0.0426. The lowest BCUT2D eigenvalue weighted by molar-refractivity contribution is -0.387. The predicted octanol–water partition coefficient (Wildman–Crippen LogP) is 2.43. The normalized spacial score (nSPS) is 14.6. The van der Waals surface area contributed by atoms with Crippen molar-refractivity contribution in [3.8, 4) is 0 Å². The van der Waals surface area contributed by atoms with Crippen molar-refractivity contribution < 1.29 is 15.1 Å². The zero-order chi connectivity index (χ0) is 13.0. The van der Waals surface area contributed by atoms with E-state index in [1.165, 1.54) is 29.2 Å². The average molecular weight is 277 g/mol. The fourth-order valence-electron chi connectivity index (χ4n) is 1.09. The lowest BCUT2D eigenvalue weighted by atomic mass is 10.2. The summed E-state index contributed by atoms with van der Waals surface area (Å²) >= 11 is 2.59. The van der Waals surface area contributed by atoms with E-state index in [4.69, 9.17) is 5.11 Å². The Labute approximate surface area is 108 Å². The van der Waals surface area contributed by atoms with Gasteiger partial charge in [-0.05, 0) is 12.8 Å². The van der Waals surface area contributed by atoms with Crippen molar-refractivity contribution in [2.45, 2.75) is 24.2 Å². The molecule has 0 aliphatic rings. The summed E-state index contributed by atoms with van der Waals surface area (Å²) in [6.07, 6.45) is -0.691. The summed E-state index contributed by atoms with van der Waals surface area (Å²) in [5, 5.41) is 29.1. The molecule has 0 spiro atoms. The van der Waals surface area contributed by atoms with Crippen molar-refractivity contribution >= 4 is 28.8 Å². The van der Waals surface area contributed by atoms with E-state index in [1.54, 1.807) is 6.92 Å². The lowest BCUT2D eigenvalue weighted by Gasteiger charge is -2.04. The van der Waals surface area contributed by atoms with Crippen LogP contribution in [0.25, 0.3) is 0 Å². The molecule has 0 saturated heterocycles. The van der Waals surface area contributed by atoms with Crippen molar-refractivity contribution in [2.75, 3.05) is 12.4 Å². The molecule has 2 atom stereocenters. The van der Waals surface area contributed by atoms with Crippen LogP contribution < -0.4 is 0 Å². The van der Waals surface area contributed by atoms with Crippen LogP contribution in [-0.4, -0.2) is 27.5 Å². The molecule has 17 heavy (non-hydrogen) atoms. The van der Waals surface area contributed by atoms with Gasteiger partial charge < -0.3 is 10.2 Å². The molecule has 0 bridgehead atoms. The number of thiophene rings is 1. The first-order chi connectivity index (χ1) is 7.95. The van der Waals surface area contributed by atoms with Gasteiger partial charge in [0.15, 0.2) is 0 Å². The van der Waals surface area contributed by atoms with Gasteiger partial charge in [0.05, 0.1) is 11.0 Å². The molecule has 1 aromatic heterocycles. The SMILES string of the molecule is CC(CO)CSc1sc([C@H](C)O)cc1[N+](=O)[O-]. The Bertz CT molecular complexity index is 392. The summed E-state index contributed by atoms with van der Waals surface area (Å²) in [7, 11) is 0. The molecule has 1 aromatic rings. The number of nitro groups is 1. The number of thioether (sulfide) groups is 1. The van der Waals surface area contributed by atoms with Gasteiger partial charge in [0, 0.05) is 23.3 Å². The van der Waals surface area contributed by atoms with Crippen molar-refractivity contribution in [3.05, 3.63) is 21.1 Å². The van der Waals surface area contributed by atoms with Gasteiger partial charge in [-0.3, -0.25) is 10.1 Å². The van der Waals surface area contributed by atoms with Gasteiger partial charge in [0.2, 0.25) is 0 Å². The second kappa shape index (κ2) is 6.34. The zero-order valence-corrected chi connectivity index (χ0v) is 11.3. The average Bonchev–Trinajstić information content (AvgIpc) is 2.70. The Morgan fingerprint density at radius 2 is 2.24 bits per heavy atom. The van der Waals surface area contributed by atoms with Crippen molar-refractivity contribution in [3.63, 3.8) is 0 Å². The van der Waals surface area contributed by atoms with Crippen LogP contribution in [0.4, 0.5) is 5.69 Å². The summed E-state index contributed by atoms with van der Waals surface area (Å²) in [5.41, 5.74) is 0.0426. The summed E-state index contributed by atoms with van der Waals surface area (Å²) in [4.78, 5) is 11.0. The van der Waals surface area contributed by atoms with Crippen LogP contribution in [0.3, 0.4) is 0 Å². The number of hydrogen-bond acceptors (Lipinski definition) is 6. The highest BCUT2D eigenvalue weighted by molar-refractivity contribution is 8.01. The zero-order valence-electron chi connectivity index (χ0n) is 9.62. The molecular formula is C10H15NO4S2. The molecule has 0 aliphatic heterocycles. The molecule has 0 fully saturated rings. The van der Waals surface area contributed by atoms with E-state index in [9.17, 15) is 15.2 Å². The quantitative estimate of drug-likeness (QED) is 0.474. The number of aliphatic hydroxyl groups is 2. The number of hydrogen-bond donors (Lipinski definition) is 2. The van der Waals surface area contributed by atoms with E-state index in [0.717, 1.165) is 0 Å². The second-order valence-corrected chi connectivity index (χ2v) is 6.23. The Kier molecular flexibility index (Phi) is 5.38. The predicted molar refractivity (Wildman–Crippen MR) is 68.6 cm³/mol. The van der Waals surface area contributed by atoms with Crippen LogP contribution in [0.1, 0.15) is 24.8 Å². The molecule has 1 unspecified atom stereocenters. The highest BCUT2D eigenvalue weighted by atomic mass is 32.2. The van der Waals surface area contributed by atoms with Gasteiger partial charge in [-0.25, -0.2) is 0 Å². The fraction of sp³-hybridized carbons (Fsp3) is 0.600. The van der Waals surface area contributed by atoms with Crippen molar-refractivity contribution in [1.82, 2.24) is 0 Å². The van der Waals surface area contributed by atoms with Crippen molar-refractivity contribution in [1.29, 1.82) is 0 Å². The third-order valence-electron chi connectivity index (χ3n) is 2.12. The molecule has 0 amide bonds. The van der Waals surface area contributed by atoms with Gasteiger partial charge in [-0.15, -0.1) is 23.1 Å². The van der Waals surface area contributed by atoms with Gasteiger partial charge >= 0.3 is 0 Å². The molecule has 0 saturated carbocycles. The van der Waals surface area contributed by atoms with E-state index in [-0.39, 0.29) is 18.2 Å². The summed E-state index contributed by atoms with van der Waals surface area (Å²) < 4.78 is 0.589. The smallest absolute Gasteiger partial charge is 0.294 e. The summed E-state index contributed by atoms with van der Waals surface area (Å²) in [6, 6.07) is 1.42. The maximum atomic E-state index is 10.8. The number of aliphatic hydroxyl groups excluding tert-OH is 2. The number of rotatable bonds is 6. The van der Waals surface area contributed by atoms with Crippen LogP contribution in [0.5, 0.6) is 0 Å². The largest absolute Gasteiger partial charge is 0.396 e. The molecule has 1 rings (SSSR count). The second-order valence-electron chi connectivity index (χ2n) is 3.85. The van der Waals surface area contributed by atoms with E-state index >= 15 is 0 Å². The number of nitrogens with zero attached hydrogens (tertiary/aromatic N) is 1. The molecule has 0 radical (unpaired) electrons. The fourth-order valence-corrected chi connectivity index (χ4v) is 3.43.